The molecular formula is C23H31N3O2. The fourth-order valence-electron chi connectivity index (χ4n) is 4.11. The van der Waals surface area contributed by atoms with Gasteiger partial charge in [-0.05, 0) is 25.8 Å². The molecule has 0 bridgehead atoms. The number of nitrogens with zero attached hydrogens (tertiary/aromatic N) is 3. The number of Topliss-reactive ketones (excluding diaryl/α,β-unsaturated/α-hetero) is 1. The molecule has 0 spiro atoms. The maximum atomic E-state index is 12.8. The predicted molar refractivity (Wildman–Crippen MR) is 108 cm³/mol. The van der Waals surface area contributed by atoms with Gasteiger partial charge in [0.15, 0.2) is 0 Å². The Labute approximate surface area is 168 Å². The van der Waals surface area contributed by atoms with E-state index in [0.29, 0.717) is 18.9 Å². The number of allylic oxidation sites excluding steroid dienone is 2. The number of carbonyl (C=O) groups excluding carboxylic acids is 1. The van der Waals surface area contributed by atoms with Crippen LogP contribution in [-0.2, 0) is 16.6 Å². The van der Waals surface area contributed by atoms with Crippen molar-refractivity contribution in [3.63, 3.8) is 0 Å². The minimum atomic E-state index is -0.555. The fourth-order valence-corrected chi connectivity index (χ4v) is 4.11. The molecule has 5 nitrogen and oxygen atoms in total. The van der Waals surface area contributed by atoms with E-state index in [9.17, 15) is 10.1 Å². The first kappa shape index (κ1) is 20.4. The average Bonchev–Trinajstić information content (AvgIpc) is 3.19. The zero-order chi connectivity index (χ0) is 20.1. The maximum absolute atomic E-state index is 12.8. The van der Waals surface area contributed by atoms with E-state index in [1.54, 1.807) is 0 Å². The van der Waals surface area contributed by atoms with Crippen LogP contribution >= 0.6 is 0 Å². The zero-order valence-electron chi connectivity index (χ0n) is 17.3. The maximum Gasteiger partial charge on any atom is 0.204 e. The Kier molecular flexibility index (Phi) is 6.39. The number of nitriles is 1. The second kappa shape index (κ2) is 8.77. The van der Waals surface area contributed by atoms with Gasteiger partial charge in [0, 0.05) is 36.6 Å². The van der Waals surface area contributed by atoms with Crippen LogP contribution < -0.4 is 0 Å². The Hall–Kier alpha value is -2.35. The summed E-state index contributed by atoms with van der Waals surface area (Å²) in [5.41, 5.74) is 1.21. The van der Waals surface area contributed by atoms with Crippen LogP contribution in [0.15, 0.2) is 34.0 Å². The predicted octanol–water partition coefficient (Wildman–Crippen LogP) is 4.70. The van der Waals surface area contributed by atoms with Gasteiger partial charge < -0.3 is 9.32 Å². The number of oxazole rings is 1. The number of unbranched alkanes of at least 4 members (excludes halogenated alkanes) is 3. The number of carbonyl (C=O) groups is 1. The summed E-state index contributed by atoms with van der Waals surface area (Å²) >= 11 is 0. The second-order valence-electron chi connectivity index (χ2n) is 8.28. The molecule has 28 heavy (non-hydrogen) atoms. The molecule has 2 heterocycles. The molecule has 0 radical (unpaired) electrons. The summed E-state index contributed by atoms with van der Waals surface area (Å²) in [4.78, 5) is 19.5. The Balaban J connectivity index is 1.81. The summed E-state index contributed by atoms with van der Waals surface area (Å²) in [7, 11) is 0. The standard InChI is InChI=1S/C23H31N3O2/c1-4-5-6-7-10-20-15-25-22(28-20)23(3)13-19(12-21(27)17(23)2)26-11-8-9-18(14-24)16-26/h9,13,15,17H,4-8,10-12,16H2,1-3H3. The van der Waals surface area contributed by atoms with E-state index >= 15 is 0 Å². The van der Waals surface area contributed by atoms with Gasteiger partial charge in [-0.15, -0.1) is 0 Å². The van der Waals surface area contributed by atoms with Crippen molar-refractivity contribution in [1.82, 2.24) is 9.88 Å². The highest BCUT2D eigenvalue weighted by Crippen LogP contribution is 2.41. The van der Waals surface area contributed by atoms with Gasteiger partial charge in [-0.2, -0.15) is 5.26 Å². The molecule has 150 valence electrons. The molecule has 0 aromatic carbocycles. The van der Waals surface area contributed by atoms with E-state index in [-0.39, 0.29) is 11.7 Å². The molecule has 0 saturated heterocycles. The van der Waals surface area contributed by atoms with Crippen molar-refractivity contribution >= 4 is 5.78 Å². The topological polar surface area (TPSA) is 70.1 Å². The van der Waals surface area contributed by atoms with E-state index in [1.807, 2.05) is 26.1 Å². The molecule has 0 saturated carbocycles. The molecule has 1 aromatic heterocycles. The lowest BCUT2D eigenvalue weighted by molar-refractivity contribution is -0.124. The highest BCUT2D eigenvalue weighted by molar-refractivity contribution is 5.86. The van der Waals surface area contributed by atoms with Crippen LogP contribution in [0.1, 0.15) is 70.9 Å². The van der Waals surface area contributed by atoms with Crippen molar-refractivity contribution in [2.24, 2.45) is 5.92 Å². The minimum Gasteiger partial charge on any atom is -0.445 e. The summed E-state index contributed by atoms with van der Waals surface area (Å²) in [6.45, 7) is 7.64. The highest BCUT2D eigenvalue weighted by Gasteiger charge is 2.44. The van der Waals surface area contributed by atoms with Crippen molar-refractivity contribution in [1.29, 1.82) is 5.26 Å². The Morgan fingerprint density at radius 3 is 2.96 bits per heavy atom. The van der Waals surface area contributed by atoms with Gasteiger partial charge in [-0.3, -0.25) is 4.79 Å². The van der Waals surface area contributed by atoms with E-state index in [2.05, 4.69) is 29.0 Å². The zero-order valence-corrected chi connectivity index (χ0v) is 17.3. The van der Waals surface area contributed by atoms with Crippen molar-refractivity contribution in [3.05, 3.63) is 41.3 Å². The minimum absolute atomic E-state index is 0.182. The molecular weight excluding hydrogens is 350 g/mol. The van der Waals surface area contributed by atoms with Gasteiger partial charge in [0.2, 0.25) is 5.89 Å². The van der Waals surface area contributed by atoms with Gasteiger partial charge in [0.05, 0.1) is 24.2 Å². The van der Waals surface area contributed by atoms with E-state index in [1.165, 1.54) is 19.3 Å². The summed E-state index contributed by atoms with van der Waals surface area (Å²) in [6.07, 6.45) is 12.9. The third kappa shape index (κ3) is 4.22. The first-order chi connectivity index (χ1) is 13.5. The number of hydrogen-bond donors (Lipinski definition) is 0. The van der Waals surface area contributed by atoms with Crippen LogP contribution in [0.5, 0.6) is 0 Å². The van der Waals surface area contributed by atoms with E-state index < -0.39 is 5.41 Å². The van der Waals surface area contributed by atoms with E-state index in [0.717, 1.165) is 42.8 Å². The van der Waals surface area contributed by atoms with Crippen LogP contribution in [0.3, 0.4) is 0 Å². The molecule has 1 aliphatic heterocycles. The van der Waals surface area contributed by atoms with Crippen LogP contribution in [0.2, 0.25) is 0 Å². The SMILES string of the molecule is CCCCCCc1cnc(C2(C)C=C(N3CCC=C(C#N)C3)CC(=O)C2C)o1. The van der Waals surface area contributed by atoms with Crippen LogP contribution in [0.25, 0.3) is 0 Å². The third-order valence-corrected chi connectivity index (χ3v) is 6.20. The normalized spacial score (nSPS) is 25.3. The molecule has 2 aliphatic rings. The summed E-state index contributed by atoms with van der Waals surface area (Å²) in [6, 6.07) is 2.25. The van der Waals surface area contributed by atoms with Crippen molar-refractivity contribution in [2.45, 2.75) is 71.1 Å². The lowest BCUT2D eigenvalue weighted by Crippen LogP contribution is -2.42. The third-order valence-electron chi connectivity index (χ3n) is 6.20. The Bertz CT molecular complexity index is 814. The molecule has 2 unspecified atom stereocenters. The van der Waals surface area contributed by atoms with Crippen molar-refractivity contribution in [2.75, 3.05) is 13.1 Å². The molecule has 5 heteroatoms. The Morgan fingerprint density at radius 2 is 2.21 bits per heavy atom. The lowest BCUT2D eigenvalue weighted by Gasteiger charge is -2.39. The van der Waals surface area contributed by atoms with Gasteiger partial charge in [0.25, 0.3) is 0 Å². The van der Waals surface area contributed by atoms with Gasteiger partial charge >= 0.3 is 0 Å². The largest absolute Gasteiger partial charge is 0.445 e. The molecule has 1 aliphatic carbocycles. The van der Waals surface area contributed by atoms with Crippen molar-refractivity contribution in [3.8, 4) is 6.07 Å². The van der Waals surface area contributed by atoms with Crippen molar-refractivity contribution < 1.29 is 9.21 Å². The van der Waals surface area contributed by atoms with Gasteiger partial charge in [-0.1, -0.05) is 39.2 Å². The van der Waals surface area contributed by atoms with E-state index in [4.69, 9.17) is 4.42 Å². The molecule has 0 fully saturated rings. The number of aryl methyl sites for hydroxylation is 1. The first-order valence-electron chi connectivity index (χ1n) is 10.5. The smallest absolute Gasteiger partial charge is 0.204 e. The van der Waals surface area contributed by atoms with Crippen LogP contribution in [-0.4, -0.2) is 28.8 Å². The number of hydrogen-bond acceptors (Lipinski definition) is 5. The van der Waals surface area contributed by atoms with Crippen LogP contribution in [0.4, 0.5) is 0 Å². The first-order valence-corrected chi connectivity index (χ1v) is 10.5. The lowest BCUT2D eigenvalue weighted by atomic mass is 9.70. The fraction of sp³-hybridized carbons (Fsp3) is 0.609. The number of rotatable bonds is 7. The second-order valence-corrected chi connectivity index (χ2v) is 8.28. The molecule has 0 amide bonds. The number of ketones is 1. The summed E-state index contributed by atoms with van der Waals surface area (Å²) in [5, 5.41) is 9.23. The molecule has 3 rings (SSSR count). The molecule has 0 N–H and O–H groups in total. The monoisotopic (exact) mass is 381 g/mol. The van der Waals surface area contributed by atoms with Gasteiger partial charge in [-0.25, -0.2) is 4.98 Å². The van der Waals surface area contributed by atoms with Gasteiger partial charge in [0.1, 0.15) is 11.5 Å². The summed E-state index contributed by atoms with van der Waals surface area (Å²) < 4.78 is 6.11. The summed E-state index contributed by atoms with van der Waals surface area (Å²) in [5.74, 6) is 1.55. The highest BCUT2D eigenvalue weighted by atomic mass is 16.4. The molecule has 2 atom stereocenters. The Morgan fingerprint density at radius 1 is 1.39 bits per heavy atom. The molecule has 1 aromatic rings. The van der Waals surface area contributed by atoms with Crippen LogP contribution in [0, 0.1) is 17.2 Å². The quantitative estimate of drug-likeness (QED) is 0.640. The number of aromatic nitrogens is 1. The average molecular weight is 382 g/mol.